The molecule has 0 aromatic heterocycles. The van der Waals surface area contributed by atoms with E-state index in [-0.39, 0.29) is 5.75 Å². The topological polar surface area (TPSA) is 49.7 Å². The molecule has 3 nitrogen and oxygen atoms in total. The predicted molar refractivity (Wildman–Crippen MR) is 81.2 cm³/mol. The Balaban J connectivity index is 2.30. The summed E-state index contributed by atoms with van der Waals surface area (Å²) in [6, 6.07) is 9.04. The van der Waals surface area contributed by atoms with E-state index in [0.717, 1.165) is 22.3 Å². The second-order valence-electron chi connectivity index (χ2n) is 4.77. The van der Waals surface area contributed by atoms with Crippen molar-refractivity contribution in [2.24, 2.45) is 0 Å². The highest BCUT2D eigenvalue weighted by molar-refractivity contribution is 5.72. The van der Waals surface area contributed by atoms with Crippen LogP contribution in [0.3, 0.4) is 0 Å². The molecule has 104 valence electrons. The Morgan fingerprint density at radius 3 is 2.10 bits per heavy atom. The normalized spacial score (nSPS) is 10.9. The van der Waals surface area contributed by atoms with E-state index in [2.05, 4.69) is 0 Å². The lowest BCUT2D eigenvalue weighted by Gasteiger charge is -2.05. The van der Waals surface area contributed by atoms with E-state index in [1.807, 2.05) is 44.2 Å². The lowest BCUT2D eigenvalue weighted by atomic mass is 10.0. The van der Waals surface area contributed by atoms with Crippen LogP contribution in [-0.2, 0) is 0 Å². The second kappa shape index (κ2) is 5.70. The Bertz CT molecular complexity index is 634. The van der Waals surface area contributed by atoms with E-state index < -0.39 is 0 Å². The summed E-state index contributed by atoms with van der Waals surface area (Å²) < 4.78 is 5.07. The first kappa shape index (κ1) is 14.0. The highest BCUT2D eigenvalue weighted by Gasteiger charge is 2.02. The summed E-state index contributed by atoms with van der Waals surface area (Å²) in [6.45, 7) is 3.76. The number of phenols is 2. The summed E-state index contributed by atoms with van der Waals surface area (Å²) >= 11 is 0. The zero-order valence-corrected chi connectivity index (χ0v) is 11.8. The van der Waals surface area contributed by atoms with Crippen molar-refractivity contribution < 1.29 is 14.9 Å². The van der Waals surface area contributed by atoms with Crippen LogP contribution in [0.4, 0.5) is 0 Å². The van der Waals surface area contributed by atoms with E-state index >= 15 is 0 Å². The van der Waals surface area contributed by atoms with Gasteiger partial charge in [0.25, 0.3) is 0 Å². The van der Waals surface area contributed by atoms with Gasteiger partial charge in [-0.05, 0) is 60.4 Å². The smallest absolute Gasteiger partial charge is 0.161 e. The Morgan fingerprint density at radius 1 is 0.900 bits per heavy atom. The third kappa shape index (κ3) is 2.94. The van der Waals surface area contributed by atoms with Crippen molar-refractivity contribution in [1.29, 1.82) is 0 Å². The van der Waals surface area contributed by atoms with Crippen molar-refractivity contribution in [2.45, 2.75) is 13.8 Å². The minimum Gasteiger partial charge on any atom is -0.507 e. The molecule has 0 atom stereocenters. The minimum atomic E-state index is 0.126. The Hall–Kier alpha value is -2.42. The average Bonchev–Trinajstić information content (AvgIpc) is 2.43. The maximum atomic E-state index is 9.75. The number of ether oxygens (including phenoxy) is 1. The van der Waals surface area contributed by atoms with Crippen LogP contribution in [0.25, 0.3) is 12.2 Å². The average molecular weight is 270 g/mol. The molecule has 0 bridgehead atoms. The molecule has 0 aliphatic heterocycles. The van der Waals surface area contributed by atoms with Crippen molar-refractivity contribution in [2.75, 3.05) is 7.11 Å². The molecule has 0 unspecified atom stereocenters. The zero-order valence-electron chi connectivity index (χ0n) is 11.8. The van der Waals surface area contributed by atoms with E-state index in [1.165, 1.54) is 7.11 Å². The van der Waals surface area contributed by atoms with Crippen LogP contribution in [-0.4, -0.2) is 17.3 Å². The summed E-state index contributed by atoms with van der Waals surface area (Å²) in [7, 11) is 1.52. The summed E-state index contributed by atoms with van der Waals surface area (Å²) in [6.07, 6.45) is 3.90. The van der Waals surface area contributed by atoms with Crippen LogP contribution >= 0.6 is 0 Å². The van der Waals surface area contributed by atoms with Crippen LogP contribution in [0.1, 0.15) is 22.3 Å². The number of aryl methyl sites for hydroxylation is 2. The number of aromatic hydroxyl groups is 2. The number of phenolic OH excluding ortho intramolecular Hbond substituents is 2. The highest BCUT2D eigenvalue weighted by atomic mass is 16.5. The monoisotopic (exact) mass is 270 g/mol. The molecule has 0 saturated heterocycles. The van der Waals surface area contributed by atoms with Crippen LogP contribution in [0.15, 0.2) is 30.3 Å². The van der Waals surface area contributed by atoms with Gasteiger partial charge in [0.2, 0.25) is 0 Å². The van der Waals surface area contributed by atoms with Crippen LogP contribution < -0.4 is 4.74 Å². The molecular weight excluding hydrogens is 252 g/mol. The van der Waals surface area contributed by atoms with Crippen LogP contribution in [0, 0.1) is 13.8 Å². The van der Waals surface area contributed by atoms with E-state index in [9.17, 15) is 10.2 Å². The first-order valence-corrected chi connectivity index (χ1v) is 6.36. The lowest BCUT2D eigenvalue weighted by Crippen LogP contribution is -1.85. The molecule has 3 heteroatoms. The van der Waals surface area contributed by atoms with Gasteiger partial charge in [-0.1, -0.05) is 18.2 Å². The Morgan fingerprint density at radius 2 is 1.50 bits per heavy atom. The molecule has 0 amide bonds. The first-order valence-electron chi connectivity index (χ1n) is 6.36. The van der Waals surface area contributed by atoms with Gasteiger partial charge in [0.05, 0.1) is 7.11 Å². The maximum absolute atomic E-state index is 9.75. The zero-order chi connectivity index (χ0) is 14.7. The molecule has 0 radical (unpaired) electrons. The number of hydrogen-bond donors (Lipinski definition) is 2. The molecule has 0 aliphatic carbocycles. The van der Waals surface area contributed by atoms with Gasteiger partial charge >= 0.3 is 0 Å². The Kier molecular flexibility index (Phi) is 3.99. The molecule has 2 aromatic carbocycles. The number of rotatable bonds is 3. The van der Waals surface area contributed by atoms with Gasteiger partial charge < -0.3 is 14.9 Å². The molecular formula is C17H18O3. The maximum Gasteiger partial charge on any atom is 0.161 e. The van der Waals surface area contributed by atoms with Gasteiger partial charge in [-0.2, -0.15) is 0 Å². The number of hydrogen-bond acceptors (Lipinski definition) is 3. The van der Waals surface area contributed by atoms with Gasteiger partial charge in [-0.15, -0.1) is 0 Å². The minimum absolute atomic E-state index is 0.126. The third-order valence-corrected chi connectivity index (χ3v) is 3.19. The molecule has 20 heavy (non-hydrogen) atoms. The van der Waals surface area contributed by atoms with Crippen molar-refractivity contribution in [3.05, 3.63) is 52.6 Å². The van der Waals surface area contributed by atoms with Crippen molar-refractivity contribution in [3.63, 3.8) is 0 Å². The summed E-state index contributed by atoms with van der Waals surface area (Å²) in [5.41, 5.74) is 3.66. The van der Waals surface area contributed by atoms with Crippen LogP contribution in [0.5, 0.6) is 17.2 Å². The van der Waals surface area contributed by atoms with Gasteiger partial charge in [-0.25, -0.2) is 0 Å². The molecule has 0 spiro atoms. The van der Waals surface area contributed by atoms with E-state index in [4.69, 9.17) is 4.74 Å². The first-order chi connectivity index (χ1) is 9.51. The molecule has 0 fully saturated rings. The Labute approximate surface area is 118 Å². The quantitative estimate of drug-likeness (QED) is 0.832. The van der Waals surface area contributed by atoms with Gasteiger partial charge in [0.1, 0.15) is 5.75 Å². The van der Waals surface area contributed by atoms with Crippen molar-refractivity contribution in [3.8, 4) is 17.2 Å². The standard InChI is InChI=1S/C17H18O3/c1-11-8-14(9-12(2)17(11)19)5-4-13-6-7-15(18)16(10-13)20-3/h4-10,18-19H,1-3H3. The summed E-state index contributed by atoms with van der Waals surface area (Å²) in [5.74, 6) is 0.916. The SMILES string of the molecule is COc1cc(C=Cc2cc(C)c(O)c(C)c2)ccc1O. The largest absolute Gasteiger partial charge is 0.507 e. The number of benzene rings is 2. The molecule has 0 heterocycles. The van der Waals surface area contributed by atoms with E-state index in [1.54, 1.807) is 12.1 Å². The number of methoxy groups -OCH3 is 1. The van der Waals surface area contributed by atoms with E-state index in [0.29, 0.717) is 11.5 Å². The lowest BCUT2D eigenvalue weighted by molar-refractivity contribution is 0.373. The fourth-order valence-electron chi connectivity index (χ4n) is 2.08. The molecule has 2 N–H and O–H groups in total. The third-order valence-electron chi connectivity index (χ3n) is 3.19. The summed E-state index contributed by atoms with van der Waals surface area (Å²) in [4.78, 5) is 0. The molecule has 0 aliphatic rings. The predicted octanol–water partition coefficient (Wildman–Crippen LogP) is 3.89. The molecule has 2 aromatic rings. The van der Waals surface area contributed by atoms with Crippen molar-refractivity contribution >= 4 is 12.2 Å². The van der Waals surface area contributed by atoms with Crippen LogP contribution in [0.2, 0.25) is 0 Å². The second-order valence-corrected chi connectivity index (χ2v) is 4.77. The molecule has 0 saturated carbocycles. The molecule has 2 rings (SSSR count). The van der Waals surface area contributed by atoms with Gasteiger partial charge in [0, 0.05) is 0 Å². The van der Waals surface area contributed by atoms with Gasteiger partial charge in [0.15, 0.2) is 11.5 Å². The van der Waals surface area contributed by atoms with Crippen molar-refractivity contribution in [1.82, 2.24) is 0 Å². The fraction of sp³-hybridized carbons (Fsp3) is 0.176. The summed E-state index contributed by atoms with van der Waals surface area (Å²) in [5, 5.41) is 19.3. The van der Waals surface area contributed by atoms with Gasteiger partial charge in [-0.3, -0.25) is 0 Å². The highest BCUT2D eigenvalue weighted by Crippen LogP contribution is 2.28. The fourth-order valence-corrected chi connectivity index (χ4v) is 2.08.